The molecule has 0 aromatic heterocycles. The first-order chi connectivity index (χ1) is 8.36. The Labute approximate surface area is 111 Å². The zero-order chi connectivity index (χ0) is 11.9. The molecular formula is C14H28N2S. The molecular weight excluding hydrogens is 228 g/mol. The van der Waals surface area contributed by atoms with Crippen LogP contribution < -0.4 is 5.32 Å². The summed E-state index contributed by atoms with van der Waals surface area (Å²) in [6.45, 7) is 7.41. The smallest absolute Gasteiger partial charge is 0.0108 e. The van der Waals surface area contributed by atoms with Gasteiger partial charge in [-0.3, -0.25) is 0 Å². The lowest BCUT2D eigenvalue weighted by Crippen LogP contribution is -2.42. The molecule has 1 saturated heterocycles. The molecule has 2 fully saturated rings. The second-order valence-electron chi connectivity index (χ2n) is 5.59. The van der Waals surface area contributed by atoms with E-state index in [1.54, 1.807) is 0 Å². The van der Waals surface area contributed by atoms with Crippen molar-refractivity contribution in [2.24, 2.45) is 5.92 Å². The van der Waals surface area contributed by atoms with Crippen molar-refractivity contribution in [2.45, 2.75) is 45.1 Å². The Balaban J connectivity index is 1.57. The van der Waals surface area contributed by atoms with E-state index in [4.69, 9.17) is 0 Å². The highest BCUT2D eigenvalue weighted by atomic mass is 32.2. The van der Waals surface area contributed by atoms with Gasteiger partial charge in [-0.2, -0.15) is 11.8 Å². The highest BCUT2D eigenvalue weighted by molar-refractivity contribution is 7.99. The highest BCUT2D eigenvalue weighted by Gasteiger charge is 2.19. The molecule has 2 rings (SSSR count). The van der Waals surface area contributed by atoms with Gasteiger partial charge in [0.05, 0.1) is 0 Å². The van der Waals surface area contributed by atoms with Gasteiger partial charge in [-0.05, 0) is 25.7 Å². The van der Waals surface area contributed by atoms with Crippen molar-refractivity contribution in [3.8, 4) is 0 Å². The van der Waals surface area contributed by atoms with Crippen LogP contribution in [0.25, 0.3) is 0 Å². The second-order valence-corrected chi connectivity index (χ2v) is 6.82. The summed E-state index contributed by atoms with van der Waals surface area (Å²) in [5.74, 6) is 3.61. The first-order valence-corrected chi connectivity index (χ1v) is 8.55. The fourth-order valence-corrected chi connectivity index (χ4v) is 4.05. The molecule has 0 spiro atoms. The monoisotopic (exact) mass is 256 g/mol. The van der Waals surface area contributed by atoms with Gasteiger partial charge in [-0.25, -0.2) is 0 Å². The van der Waals surface area contributed by atoms with Crippen LogP contribution in [0.3, 0.4) is 0 Å². The van der Waals surface area contributed by atoms with Crippen LogP contribution in [-0.2, 0) is 0 Å². The average molecular weight is 256 g/mol. The Bertz CT molecular complexity index is 198. The van der Waals surface area contributed by atoms with Gasteiger partial charge in [-0.1, -0.05) is 19.3 Å². The molecule has 1 atom stereocenters. The Morgan fingerprint density at radius 2 is 1.88 bits per heavy atom. The summed E-state index contributed by atoms with van der Waals surface area (Å²) in [7, 11) is 0. The Hall–Kier alpha value is 0.270. The van der Waals surface area contributed by atoms with Gasteiger partial charge in [0.1, 0.15) is 0 Å². The molecule has 1 aliphatic carbocycles. The van der Waals surface area contributed by atoms with Crippen LogP contribution in [-0.4, -0.2) is 48.6 Å². The van der Waals surface area contributed by atoms with Gasteiger partial charge in [-0.15, -0.1) is 0 Å². The molecule has 17 heavy (non-hydrogen) atoms. The first kappa shape index (κ1) is 13.7. The van der Waals surface area contributed by atoms with Crippen LogP contribution in [0.2, 0.25) is 0 Å². The van der Waals surface area contributed by atoms with E-state index in [0.29, 0.717) is 0 Å². The van der Waals surface area contributed by atoms with Gasteiger partial charge >= 0.3 is 0 Å². The predicted molar refractivity (Wildman–Crippen MR) is 77.8 cm³/mol. The zero-order valence-electron chi connectivity index (χ0n) is 11.3. The van der Waals surface area contributed by atoms with Gasteiger partial charge in [0.25, 0.3) is 0 Å². The Morgan fingerprint density at radius 3 is 2.59 bits per heavy atom. The van der Waals surface area contributed by atoms with E-state index in [-0.39, 0.29) is 0 Å². The van der Waals surface area contributed by atoms with Crippen LogP contribution in [0.4, 0.5) is 0 Å². The lowest BCUT2D eigenvalue weighted by atomic mass is 9.84. The van der Waals surface area contributed by atoms with E-state index in [1.807, 2.05) is 0 Å². The molecule has 0 bridgehead atoms. The summed E-state index contributed by atoms with van der Waals surface area (Å²) < 4.78 is 0. The van der Waals surface area contributed by atoms with Crippen molar-refractivity contribution >= 4 is 11.8 Å². The van der Waals surface area contributed by atoms with E-state index in [1.165, 1.54) is 69.8 Å². The SMILES string of the molecule is CC(NCCN1CCSCC1)C1CCCCC1. The fourth-order valence-electron chi connectivity index (χ4n) is 3.08. The standard InChI is InChI=1S/C14H28N2S/c1-13(14-5-3-2-4-6-14)15-7-8-16-9-11-17-12-10-16/h13-15H,2-12H2,1H3. The van der Waals surface area contributed by atoms with Crippen molar-refractivity contribution < 1.29 is 0 Å². The summed E-state index contributed by atoms with van der Waals surface area (Å²) in [6.07, 6.45) is 7.29. The van der Waals surface area contributed by atoms with Crippen molar-refractivity contribution in [3.05, 3.63) is 0 Å². The maximum atomic E-state index is 3.75. The Kier molecular flexibility index (Phi) is 6.16. The van der Waals surface area contributed by atoms with E-state index in [9.17, 15) is 0 Å². The van der Waals surface area contributed by atoms with E-state index in [0.717, 1.165) is 12.0 Å². The van der Waals surface area contributed by atoms with Gasteiger partial charge < -0.3 is 10.2 Å². The number of nitrogens with zero attached hydrogens (tertiary/aromatic N) is 1. The van der Waals surface area contributed by atoms with Crippen LogP contribution in [0.1, 0.15) is 39.0 Å². The van der Waals surface area contributed by atoms with Crippen LogP contribution in [0.5, 0.6) is 0 Å². The normalized spacial score (nSPS) is 25.9. The zero-order valence-corrected chi connectivity index (χ0v) is 12.1. The number of rotatable bonds is 5. The number of thioether (sulfide) groups is 1. The molecule has 100 valence electrons. The summed E-state index contributed by atoms with van der Waals surface area (Å²) in [4.78, 5) is 2.61. The summed E-state index contributed by atoms with van der Waals surface area (Å²) in [6, 6.07) is 0.731. The predicted octanol–water partition coefficient (Wildman–Crippen LogP) is 2.59. The quantitative estimate of drug-likeness (QED) is 0.814. The molecule has 0 radical (unpaired) electrons. The van der Waals surface area contributed by atoms with E-state index >= 15 is 0 Å². The van der Waals surface area contributed by atoms with Crippen molar-refractivity contribution in [3.63, 3.8) is 0 Å². The lowest BCUT2D eigenvalue weighted by molar-refractivity contribution is 0.256. The van der Waals surface area contributed by atoms with Crippen LogP contribution >= 0.6 is 11.8 Å². The third-order valence-electron chi connectivity index (χ3n) is 4.35. The molecule has 1 heterocycles. The molecule has 2 nitrogen and oxygen atoms in total. The molecule has 0 amide bonds. The van der Waals surface area contributed by atoms with Gasteiger partial charge in [0.2, 0.25) is 0 Å². The summed E-state index contributed by atoms with van der Waals surface area (Å²) >= 11 is 2.10. The van der Waals surface area contributed by atoms with E-state index < -0.39 is 0 Å². The molecule has 1 saturated carbocycles. The molecule has 0 aromatic carbocycles. The molecule has 1 aliphatic heterocycles. The average Bonchev–Trinajstić information content (AvgIpc) is 2.41. The Morgan fingerprint density at radius 1 is 1.18 bits per heavy atom. The lowest BCUT2D eigenvalue weighted by Gasteiger charge is -2.30. The van der Waals surface area contributed by atoms with Crippen LogP contribution in [0, 0.1) is 5.92 Å². The third kappa shape index (κ3) is 4.80. The summed E-state index contributed by atoms with van der Waals surface area (Å²) in [5, 5.41) is 3.75. The first-order valence-electron chi connectivity index (χ1n) is 7.40. The molecule has 1 N–H and O–H groups in total. The molecule has 1 unspecified atom stereocenters. The van der Waals surface area contributed by atoms with Gasteiger partial charge in [0, 0.05) is 43.7 Å². The van der Waals surface area contributed by atoms with Gasteiger partial charge in [0.15, 0.2) is 0 Å². The molecule has 2 aliphatic rings. The number of nitrogens with one attached hydrogen (secondary N) is 1. The van der Waals surface area contributed by atoms with Crippen molar-refractivity contribution in [2.75, 3.05) is 37.7 Å². The fraction of sp³-hybridized carbons (Fsp3) is 1.00. The number of hydrogen-bond donors (Lipinski definition) is 1. The molecule has 0 aromatic rings. The minimum absolute atomic E-state index is 0.731. The maximum Gasteiger partial charge on any atom is 0.0108 e. The van der Waals surface area contributed by atoms with E-state index in [2.05, 4.69) is 28.9 Å². The minimum atomic E-state index is 0.731. The topological polar surface area (TPSA) is 15.3 Å². The van der Waals surface area contributed by atoms with Crippen molar-refractivity contribution in [1.82, 2.24) is 10.2 Å². The number of hydrogen-bond acceptors (Lipinski definition) is 3. The van der Waals surface area contributed by atoms with Crippen LogP contribution in [0.15, 0.2) is 0 Å². The maximum absolute atomic E-state index is 3.75. The summed E-state index contributed by atoms with van der Waals surface area (Å²) in [5.41, 5.74) is 0. The molecule has 3 heteroatoms. The highest BCUT2D eigenvalue weighted by Crippen LogP contribution is 2.26. The van der Waals surface area contributed by atoms with Crippen molar-refractivity contribution in [1.29, 1.82) is 0 Å². The third-order valence-corrected chi connectivity index (χ3v) is 5.30. The second kappa shape index (κ2) is 7.65. The largest absolute Gasteiger partial charge is 0.313 e. The minimum Gasteiger partial charge on any atom is -0.313 e.